The van der Waals surface area contributed by atoms with Crippen molar-refractivity contribution < 1.29 is 24.2 Å². The third-order valence-corrected chi connectivity index (χ3v) is 7.36. The normalized spacial score (nSPS) is 33.8. The number of hydrogen-bond donors (Lipinski definition) is 2. The lowest BCUT2D eigenvalue weighted by Gasteiger charge is -2.55. The number of hydrogen-bond acceptors (Lipinski definition) is 5. The van der Waals surface area contributed by atoms with Gasteiger partial charge in [-0.3, -0.25) is 9.59 Å². The SMILES string of the molecule is COc1ccc2c(c1)O[C@]1(C[C@@H]3CC[C@@H]1C[C@@H]3C(=O)N1CCC(O)CC1)NC2=O. The number of piperidine rings is 1. The number of likely N-dealkylation sites (tertiary alicyclic amines) is 1. The molecule has 3 aliphatic carbocycles. The Balaban J connectivity index is 1.36. The molecule has 2 N–H and O–H groups in total. The first kappa shape index (κ1) is 18.7. The summed E-state index contributed by atoms with van der Waals surface area (Å²) in [7, 11) is 1.60. The molecule has 1 spiro atoms. The average Bonchev–Trinajstić information content (AvgIpc) is 2.73. The summed E-state index contributed by atoms with van der Waals surface area (Å²) >= 11 is 0. The van der Waals surface area contributed by atoms with Crippen LogP contribution in [-0.4, -0.2) is 53.8 Å². The fourth-order valence-electron chi connectivity index (χ4n) is 5.74. The molecular weight excluding hydrogens is 372 g/mol. The number of rotatable bonds is 2. The van der Waals surface area contributed by atoms with Gasteiger partial charge in [0.2, 0.25) is 5.91 Å². The lowest BCUT2D eigenvalue weighted by atomic mass is 9.59. The van der Waals surface area contributed by atoms with Crippen LogP contribution in [0.4, 0.5) is 0 Å². The average molecular weight is 400 g/mol. The van der Waals surface area contributed by atoms with Crippen LogP contribution >= 0.6 is 0 Å². The molecule has 0 unspecified atom stereocenters. The van der Waals surface area contributed by atoms with Crippen molar-refractivity contribution in [3.05, 3.63) is 23.8 Å². The first-order valence-electron chi connectivity index (χ1n) is 10.7. The fraction of sp³-hybridized carbons (Fsp3) is 0.636. The third-order valence-electron chi connectivity index (χ3n) is 7.36. The first-order chi connectivity index (χ1) is 14.0. The molecule has 2 bridgehead atoms. The summed E-state index contributed by atoms with van der Waals surface area (Å²) in [4.78, 5) is 27.9. The summed E-state index contributed by atoms with van der Waals surface area (Å²) in [5.74, 6) is 1.62. The van der Waals surface area contributed by atoms with Gasteiger partial charge in [0.1, 0.15) is 11.5 Å². The molecule has 6 rings (SSSR count). The van der Waals surface area contributed by atoms with Gasteiger partial charge in [0, 0.05) is 37.4 Å². The Morgan fingerprint density at radius 3 is 2.76 bits per heavy atom. The van der Waals surface area contributed by atoms with Gasteiger partial charge < -0.3 is 24.8 Å². The Morgan fingerprint density at radius 1 is 1.28 bits per heavy atom. The molecule has 2 amide bonds. The second-order valence-electron chi connectivity index (χ2n) is 8.94. The van der Waals surface area contributed by atoms with E-state index in [0.717, 1.165) is 19.3 Å². The van der Waals surface area contributed by atoms with Gasteiger partial charge in [0.05, 0.1) is 18.8 Å². The van der Waals surface area contributed by atoms with Crippen LogP contribution in [-0.2, 0) is 4.79 Å². The zero-order valence-corrected chi connectivity index (χ0v) is 16.7. The van der Waals surface area contributed by atoms with Gasteiger partial charge in [-0.1, -0.05) is 0 Å². The second kappa shape index (κ2) is 6.90. The lowest BCUT2D eigenvalue weighted by Crippen LogP contribution is -2.67. The summed E-state index contributed by atoms with van der Waals surface area (Å²) in [5, 5.41) is 12.9. The van der Waals surface area contributed by atoms with Gasteiger partial charge in [-0.05, 0) is 50.2 Å². The Morgan fingerprint density at radius 2 is 2.07 bits per heavy atom. The van der Waals surface area contributed by atoms with Gasteiger partial charge in [0.25, 0.3) is 5.91 Å². The van der Waals surface area contributed by atoms with Crippen LogP contribution in [0.5, 0.6) is 11.5 Å². The van der Waals surface area contributed by atoms with E-state index in [4.69, 9.17) is 9.47 Å². The van der Waals surface area contributed by atoms with Gasteiger partial charge in [-0.2, -0.15) is 0 Å². The molecule has 1 saturated heterocycles. The molecule has 7 heteroatoms. The molecule has 4 atom stereocenters. The highest BCUT2D eigenvalue weighted by Crippen LogP contribution is 2.53. The number of carbonyl (C=O) groups is 2. The van der Waals surface area contributed by atoms with Crippen molar-refractivity contribution in [3.8, 4) is 11.5 Å². The summed E-state index contributed by atoms with van der Waals surface area (Å²) in [6, 6.07) is 5.27. The molecule has 1 aromatic carbocycles. The lowest BCUT2D eigenvalue weighted by molar-refractivity contribution is -0.157. The predicted octanol–water partition coefficient (Wildman–Crippen LogP) is 1.93. The predicted molar refractivity (Wildman–Crippen MR) is 105 cm³/mol. The monoisotopic (exact) mass is 400 g/mol. The Labute approximate surface area is 170 Å². The van der Waals surface area contributed by atoms with Crippen LogP contribution in [0.3, 0.4) is 0 Å². The van der Waals surface area contributed by atoms with E-state index in [2.05, 4.69) is 5.32 Å². The summed E-state index contributed by atoms with van der Waals surface area (Å²) in [6.45, 7) is 1.28. The molecule has 29 heavy (non-hydrogen) atoms. The van der Waals surface area contributed by atoms with Crippen LogP contribution in [0.2, 0.25) is 0 Å². The van der Waals surface area contributed by atoms with Crippen LogP contribution < -0.4 is 14.8 Å². The minimum atomic E-state index is -0.728. The summed E-state index contributed by atoms with van der Waals surface area (Å²) in [5.41, 5.74) is -0.203. The number of ether oxygens (including phenoxy) is 2. The van der Waals surface area contributed by atoms with E-state index in [1.807, 2.05) is 4.90 Å². The number of methoxy groups -OCH3 is 1. The molecule has 156 valence electrons. The van der Waals surface area contributed by atoms with E-state index in [9.17, 15) is 14.7 Å². The molecule has 0 radical (unpaired) electrons. The molecule has 2 heterocycles. The number of aliphatic hydroxyl groups excluding tert-OH is 1. The number of nitrogens with one attached hydrogen (secondary N) is 1. The van der Waals surface area contributed by atoms with E-state index >= 15 is 0 Å². The highest BCUT2D eigenvalue weighted by molar-refractivity contribution is 5.98. The van der Waals surface area contributed by atoms with Crippen LogP contribution in [0, 0.1) is 17.8 Å². The summed E-state index contributed by atoms with van der Waals surface area (Å²) in [6.07, 6.45) is 4.38. The third kappa shape index (κ3) is 3.06. The number of carbonyl (C=O) groups excluding carboxylic acids is 2. The standard InChI is InChI=1S/C22H28N2O5/c1-28-16-4-5-17-19(11-16)29-22(23-20(17)26)12-13-2-3-14(22)10-18(13)21(27)24-8-6-15(25)7-9-24/h4-5,11,13-15,18,25H,2-3,6-10,12H2,1H3,(H,23,26)/t13-,14+,18-,22-/m0/s1. The highest BCUT2D eigenvalue weighted by atomic mass is 16.5. The molecule has 0 aromatic heterocycles. The zero-order chi connectivity index (χ0) is 20.2. The van der Waals surface area contributed by atoms with Crippen molar-refractivity contribution >= 4 is 11.8 Å². The number of fused-ring (bicyclic) bond motifs is 3. The van der Waals surface area contributed by atoms with Crippen molar-refractivity contribution in [2.45, 2.75) is 50.4 Å². The smallest absolute Gasteiger partial charge is 0.258 e. The molecular formula is C22H28N2O5. The van der Waals surface area contributed by atoms with Gasteiger partial charge in [0.15, 0.2) is 5.72 Å². The molecule has 7 nitrogen and oxygen atoms in total. The zero-order valence-electron chi connectivity index (χ0n) is 16.7. The number of nitrogens with zero attached hydrogens (tertiary/aromatic N) is 1. The van der Waals surface area contributed by atoms with Gasteiger partial charge in [-0.25, -0.2) is 0 Å². The topological polar surface area (TPSA) is 88.1 Å². The number of aliphatic hydroxyl groups is 1. The summed E-state index contributed by atoms with van der Waals surface area (Å²) < 4.78 is 11.7. The molecule has 5 aliphatic rings. The maximum atomic E-state index is 13.2. The maximum absolute atomic E-state index is 13.2. The van der Waals surface area contributed by atoms with E-state index < -0.39 is 5.72 Å². The number of benzene rings is 1. The Hall–Kier alpha value is -2.28. The largest absolute Gasteiger partial charge is 0.497 e. The van der Waals surface area contributed by atoms with E-state index in [1.165, 1.54) is 0 Å². The van der Waals surface area contributed by atoms with E-state index in [-0.39, 0.29) is 35.7 Å². The van der Waals surface area contributed by atoms with Crippen molar-refractivity contribution in [3.63, 3.8) is 0 Å². The fourth-order valence-corrected chi connectivity index (χ4v) is 5.74. The molecule has 3 saturated carbocycles. The van der Waals surface area contributed by atoms with Gasteiger partial charge in [-0.15, -0.1) is 0 Å². The first-order valence-corrected chi connectivity index (χ1v) is 10.7. The Kier molecular flexibility index (Phi) is 4.46. The Bertz CT molecular complexity index is 834. The quantitative estimate of drug-likeness (QED) is 0.792. The molecule has 1 aromatic rings. The second-order valence-corrected chi connectivity index (χ2v) is 8.94. The van der Waals surface area contributed by atoms with Crippen LogP contribution in [0.15, 0.2) is 18.2 Å². The maximum Gasteiger partial charge on any atom is 0.258 e. The van der Waals surface area contributed by atoms with Crippen molar-refractivity contribution in [2.75, 3.05) is 20.2 Å². The van der Waals surface area contributed by atoms with Crippen LogP contribution in [0.1, 0.15) is 48.9 Å². The minimum absolute atomic E-state index is 0.0122. The van der Waals surface area contributed by atoms with Crippen molar-refractivity contribution in [1.29, 1.82) is 0 Å². The molecule has 2 aliphatic heterocycles. The van der Waals surface area contributed by atoms with E-state index in [1.54, 1.807) is 25.3 Å². The molecule has 4 fully saturated rings. The van der Waals surface area contributed by atoms with Gasteiger partial charge >= 0.3 is 0 Å². The minimum Gasteiger partial charge on any atom is -0.497 e. The van der Waals surface area contributed by atoms with Crippen molar-refractivity contribution in [1.82, 2.24) is 10.2 Å². The van der Waals surface area contributed by atoms with Crippen LogP contribution in [0.25, 0.3) is 0 Å². The van der Waals surface area contributed by atoms with Crippen molar-refractivity contribution in [2.24, 2.45) is 17.8 Å². The highest BCUT2D eigenvalue weighted by Gasteiger charge is 2.57. The number of amides is 2. The van der Waals surface area contributed by atoms with E-state index in [0.29, 0.717) is 49.4 Å².